The minimum atomic E-state index is -1.78. The zero-order valence-corrected chi connectivity index (χ0v) is 21.6. The summed E-state index contributed by atoms with van der Waals surface area (Å²) >= 11 is 0. The van der Waals surface area contributed by atoms with Gasteiger partial charge in [-0.05, 0) is 55.5 Å². The van der Waals surface area contributed by atoms with E-state index in [4.69, 9.17) is 0 Å². The van der Waals surface area contributed by atoms with E-state index in [0.717, 1.165) is 12.6 Å². The number of hydrogen-bond donors (Lipinski definition) is 1. The van der Waals surface area contributed by atoms with Crippen LogP contribution < -0.4 is 34.6 Å². The van der Waals surface area contributed by atoms with Crippen LogP contribution in [0.15, 0.2) is 91.0 Å². The Bertz CT molecular complexity index is 841. The van der Waals surface area contributed by atoms with Gasteiger partial charge >= 0.3 is 0 Å². The maximum Gasteiger partial charge on any atom is 0.103 e. The molecule has 0 fully saturated rings. The Morgan fingerprint density at radius 3 is 1.57 bits per heavy atom. The van der Waals surface area contributed by atoms with Gasteiger partial charge in [-0.3, -0.25) is 0 Å². The summed E-state index contributed by atoms with van der Waals surface area (Å²) in [5, 5.41) is 14.5. The molecule has 0 saturated heterocycles. The van der Waals surface area contributed by atoms with Gasteiger partial charge in [-0.2, -0.15) is 0 Å². The molecule has 3 aromatic rings. The Balaban J connectivity index is 0.00000320. The lowest BCUT2D eigenvalue weighted by Crippen LogP contribution is -3.00. The molecule has 30 heavy (non-hydrogen) atoms. The van der Waals surface area contributed by atoms with Crippen molar-refractivity contribution in [1.29, 1.82) is 0 Å². The second-order valence-electron chi connectivity index (χ2n) is 8.69. The predicted octanol–water partition coefficient (Wildman–Crippen LogP) is 2.70. The molecular formula is C27H34IOP. The Labute approximate surface area is 200 Å². The van der Waals surface area contributed by atoms with Crippen molar-refractivity contribution in [3.8, 4) is 0 Å². The summed E-state index contributed by atoms with van der Waals surface area (Å²) in [6, 6.07) is 32.3. The Morgan fingerprint density at radius 1 is 0.767 bits per heavy atom. The molecule has 3 aromatic carbocycles. The third-order valence-electron chi connectivity index (χ3n) is 6.39. The van der Waals surface area contributed by atoms with Crippen LogP contribution in [-0.2, 0) is 6.42 Å². The van der Waals surface area contributed by atoms with Gasteiger partial charge in [-0.25, -0.2) is 0 Å². The van der Waals surface area contributed by atoms with E-state index in [1.807, 2.05) is 6.07 Å². The van der Waals surface area contributed by atoms with Gasteiger partial charge in [-0.1, -0.05) is 80.6 Å². The largest absolute Gasteiger partial charge is 1.00 e. The molecule has 0 amide bonds. The van der Waals surface area contributed by atoms with E-state index in [-0.39, 0.29) is 35.1 Å². The zero-order valence-electron chi connectivity index (χ0n) is 18.5. The summed E-state index contributed by atoms with van der Waals surface area (Å²) in [5.41, 5.74) is 1.23. The Hall–Kier alpha value is -1.22. The zero-order chi connectivity index (χ0) is 20.9. The van der Waals surface area contributed by atoms with E-state index in [1.165, 1.54) is 16.2 Å². The predicted molar refractivity (Wildman–Crippen MR) is 129 cm³/mol. The fourth-order valence-electron chi connectivity index (χ4n) is 4.78. The average molecular weight is 532 g/mol. The van der Waals surface area contributed by atoms with Gasteiger partial charge in [0.2, 0.25) is 0 Å². The molecule has 0 bridgehead atoms. The molecule has 0 aromatic heterocycles. The minimum Gasteiger partial charge on any atom is -1.00 e. The van der Waals surface area contributed by atoms with Crippen LogP contribution in [0.4, 0.5) is 0 Å². The van der Waals surface area contributed by atoms with Gasteiger partial charge in [-0.15, -0.1) is 0 Å². The third-order valence-corrected chi connectivity index (χ3v) is 11.5. The lowest BCUT2D eigenvalue weighted by Gasteiger charge is -2.40. The quantitative estimate of drug-likeness (QED) is 0.350. The SMILES string of the molecule is CC[P+](c1ccccc1)(c1ccccc1)[C@H](C)[C@H](O)C(C)(C)Cc1ccccc1.[I-]. The molecule has 0 aliphatic rings. The van der Waals surface area contributed by atoms with Crippen LogP contribution in [0.3, 0.4) is 0 Å². The summed E-state index contributed by atoms with van der Waals surface area (Å²) in [7, 11) is -1.78. The van der Waals surface area contributed by atoms with Gasteiger partial charge < -0.3 is 29.1 Å². The summed E-state index contributed by atoms with van der Waals surface area (Å²) in [6.45, 7) is 8.98. The van der Waals surface area contributed by atoms with Crippen molar-refractivity contribution in [3.05, 3.63) is 96.6 Å². The maximum atomic E-state index is 11.7. The van der Waals surface area contributed by atoms with Crippen LogP contribution in [-0.4, -0.2) is 23.0 Å². The lowest BCUT2D eigenvalue weighted by atomic mass is 9.79. The molecule has 0 aliphatic heterocycles. The van der Waals surface area contributed by atoms with Crippen molar-refractivity contribution in [1.82, 2.24) is 0 Å². The molecule has 0 spiro atoms. The Morgan fingerprint density at radius 2 is 1.17 bits per heavy atom. The van der Waals surface area contributed by atoms with Crippen LogP contribution in [0.5, 0.6) is 0 Å². The van der Waals surface area contributed by atoms with Crippen molar-refractivity contribution < 1.29 is 29.1 Å². The summed E-state index contributed by atoms with van der Waals surface area (Å²) in [5.74, 6) is 0. The maximum absolute atomic E-state index is 11.7. The first-order valence-electron chi connectivity index (χ1n) is 10.6. The third kappa shape index (κ3) is 5.15. The van der Waals surface area contributed by atoms with E-state index in [1.54, 1.807) is 0 Å². The van der Waals surface area contributed by atoms with E-state index in [0.29, 0.717) is 0 Å². The smallest absolute Gasteiger partial charge is 0.103 e. The minimum absolute atomic E-state index is 0. The molecule has 0 aliphatic carbocycles. The molecule has 3 rings (SSSR count). The molecule has 160 valence electrons. The molecule has 3 heteroatoms. The summed E-state index contributed by atoms with van der Waals surface area (Å²) in [4.78, 5) is 0. The first-order valence-corrected chi connectivity index (χ1v) is 12.7. The second kappa shape index (κ2) is 10.9. The molecule has 1 nitrogen and oxygen atoms in total. The van der Waals surface area contributed by atoms with Crippen molar-refractivity contribution >= 4 is 17.9 Å². The van der Waals surface area contributed by atoms with Crippen LogP contribution >= 0.6 is 7.26 Å². The monoisotopic (exact) mass is 532 g/mol. The van der Waals surface area contributed by atoms with Gasteiger partial charge in [0.25, 0.3) is 0 Å². The van der Waals surface area contributed by atoms with Gasteiger partial charge in [0.05, 0.1) is 30.1 Å². The number of halogens is 1. The van der Waals surface area contributed by atoms with Crippen LogP contribution in [0, 0.1) is 5.41 Å². The van der Waals surface area contributed by atoms with Gasteiger partial charge in [0.15, 0.2) is 0 Å². The highest BCUT2D eigenvalue weighted by Crippen LogP contribution is 2.62. The number of benzene rings is 3. The van der Waals surface area contributed by atoms with E-state index >= 15 is 0 Å². The summed E-state index contributed by atoms with van der Waals surface area (Å²) < 4.78 is 0. The topological polar surface area (TPSA) is 20.2 Å². The average Bonchev–Trinajstić information content (AvgIpc) is 2.76. The van der Waals surface area contributed by atoms with E-state index in [2.05, 4.69) is 113 Å². The molecular weight excluding hydrogens is 498 g/mol. The lowest BCUT2D eigenvalue weighted by molar-refractivity contribution is -0.00000744. The highest BCUT2D eigenvalue weighted by molar-refractivity contribution is 7.90. The Kier molecular flexibility index (Phi) is 9.09. The molecule has 0 saturated carbocycles. The van der Waals surface area contributed by atoms with Crippen molar-refractivity contribution in [2.75, 3.05) is 6.16 Å². The van der Waals surface area contributed by atoms with Crippen molar-refractivity contribution in [2.45, 2.75) is 45.9 Å². The summed E-state index contributed by atoms with van der Waals surface area (Å²) in [6.07, 6.45) is 1.50. The first kappa shape index (κ1) is 25.0. The number of aliphatic hydroxyl groups excluding tert-OH is 1. The molecule has 1 N–H and O–H groups in total. The molecule has 0 radical (unpaired) electrons. The van der Waals surface area contributed by atoms with Gasteiger partial charge in [0, 0.05) is 0 Å². The van der Waals surface area contributed by atoms with E-state index in [9.17, 15) is 5.11 Å². The normalized spacial score (nSPS) is 13.9. The van der Waals surface area contributed by atoms with Crippen LogP contribution in [0.25, 0.3) is 0 Å². The second-order valence-corrected chi connectivity index (χ2v) is 12.9. The highest BCUT2D eigenvalue weighted by Gasteiger charge is 2.52. The van der Waals surface area contributed by atoms with Gasteiger partial charge in [0.1, 0.15) is 5.66 Å². The number of rotatable bonds is 8. The first-order chi connectivity index (χ1) is 13.9. The van der Waals surface area contributed by atoms with Crippen LogP contribution in [0.2, 0.25) is 0 Å². The van der Waals surface area contributed by atoms with Crippen LogP contribution in [0.1, 0.15) is 33.3 Å². The number of hydrogen-bond acceptors (Lipinski definition) is 1. The van der Waals surface area contributed by atoms with E-state index < -0.39 is 13.4 Å². The molecule has 0 unspecified atom stereocenters. The standard InChI is InChI=1S/C27H34OP.HI/c1-5-29(24-17-11-7-12-18-24,25-19-13-8-14-20-25)22(2)26(28)27(3,4)21-23-15-9-6-10-16-23;/h6-20,22,26,28H,5,21H2,1-4H3;1H/q+1;/p-1/t22-,26+;/m1./s1. The fourth-order valence-corrected chi connectivity index (χ4v) is 9.62. The highest BCUT2D eigenvalue weighted by atomic mass is 127. The number of aliphatic hydroxyl groups is 1. The van der Waals surface area contributed by atoms with Crippen molar-refractivity contribution in [2.24, 2.45) is 5.41 Å². The van der Waals surface area contributed by atoms with Crippen molar-refractivity contribution in [3.63, 3.8) is 0 Å². The fraction of sp³-hybridized carbons (Fsp3) is 0.333. The molecule has 2 atom stereocenters. The molecule has 0 heterocycles.